The van der Waals surface area contributed by atoms with Crippen molar-refractivity contribution in [2.24, 2.45) is 11.8 Å². The van der Waals surface area contributed by atoms with Gasteiger partial charge in [-0.1, -0.05) is 75.8 Å². The molecule has 1 nitrogen and oxygen atoms in total. The first-order valence-electron chi connectivity index (χ1n) is 11.9. The maximum Gasteiger partial charge on any atom is 0.0991 e. The zero-order valence-electron chi connectivity index (χ0n) is 18.0. The summed E-state index contributed by atoms with van der Waals surface area (Å²) in [5.74, 6) is 2.69. The summed E-state index contributed by atoms with van der Waals surface area (Å²) >= 11 is 0. The lowest BCUT2D eigenvalue weighted by atomic mass is 9.64. The average molecular weight is 386 g/mol. The number of nitrogens with zero attached hydrogens (tertiary/aromatic N) is 1. The van der Waals surface area contributed by atoms with Gasteiger partial charge in [-0.25, -0.2) is 0 Å². The number of hydrogen-bond donors (Lipinski definition) is 0. The number of benzene rings is 2. The quantitative estimate of drug-likeness (QED) is 0.442. The molecular weight excluding hydrogens is 350 g/mol. The normalized spacial score (nSPS) is 23.1. The predicted molar refractivity (Wildman–Crippen MR) is 122 cm³/mol. The topological polar surface area (TPSA) is 23.8 Å². The average Bonchev–Trinajstić information content (AvgIpc) is 2.78. The van der Waals surface area contributed by atoms with Crippen molar-refractivity contribution in [1.29, 1.82) is 5.26 Å². The van der Waals surface area contributed by atoms with Gasteiger partial charge < -0.3 is 0 Å². The van der Waals surface area contributed by atoms with E-state index in [1.54, 1.807) is 11.1 Å². The lowest BCUT2D eigenvalue weighted by molar-refractivity contribution is 0.199. The third-order valence-electron chi connectivity index (χ3n) is 7.48. The molecule has 0 saturated heterocycles. The summed E-state index contributed by atoms with van der Waals surface area (Å²) in [4.78, 5) is 0. The first-order valence-corrected chi connectivity index (χ1v) is 11.9. The van der Waals surface area contributed by atoms with Crippen LogP contribution in [0, 0.1) is 23.2 Å². The van der Waals surface area contributed by atoms with E-state index in [9.17, 15) is 0 Å². The molecule has 3 atom stereocenters. The molecule has 0 bridgehead atoms. The molecule has 0 spiro atoms. The zero-order chi connectivity index (χ0) is 20.1. The summed E-state index contributed by atoms with van der Waals surface area (Å²) < 4.78 is 0. The summed E-state index contributed by atoms with van der Waals surface area (Å²) in [5, 5.41) is 9.02. The zero-order valence-corrected chi connectivity index (χ0v) is 18.0. The minimum absolute atomic E-state index is 0.733. The Hall–Kier alpha value is -2.07. The molecule has 0 aromatic heterocycles. The van der Waals surface area contributed by atoms with Gasteiger partial charge in [-0.05, 0) is 84.2 Å². The summed E-state index contributed by atoms with van der Waals surface area (Å²) in [6.07, 6.45) is 15.5. The molecule has 2 aliphatic rings. The molecule has 0 unspecified atom stereocenters. The second-order valence-corrected chi connectivity index (χ2v) is 9.39. The SMILES string of the molecule is CCCCCCC[C@@H]1CC[C@@H]2c3ccc(-c4ccc(C#N)cc4)cc3CC[C@H]2C1. The maximum absolute atomic E-state index is 9.02. The van der Waals surface area contributed by atoms with Crippen molar-refractivity contribution in [3.8, 4) is 17.2 Å². The number of hydrogen-bond acceptors (Lipinski definition) is 1. The first kappa shape index (κ1) is 20.2. The standard InChI is InChI=1S/C28H35N/c1-2-3-4-5-6-7-21-10-16-27-25(18-21)13-14-26-19-24(15-17-28(26)27)23-11-8-22(20-29)9-12-23/h8-9,11-12,15,17,19,21,25,27H,2-7,10,13-14,16,18H2,1H3/t21-,25+,27+/m1/s1. The van der Waals surface area contributed by atoms with Crippen LogP contribution in [0.3, 0.4) is 0 Å². The van der Waals surface area contributed by atoms with Crippen molar-refractivity contribution in [3.63, 3.8) is 0 Å². The van der Waals surface area contributed by atoms with Crippen LogP contribution in [0.4, 0.5) is 0 Å². The van der Waals surface area contributed by atoms with E-state index in [4.69, 9.17) is 5.26 Å². The Morgan fingerprint density at radius 2 is 1.69 bits per heavy atom. The summed E-state index contributed by atoms with van der Waals surface area (Å²) in [5.41, 5.74) is 6.47. The Morgan fingerprint density at radius 1 is 0.897 bits per heavy atom. The number of unbranched alkanes of at least 4 members (excludes halogenated alkanes) is 4. The Balaban J connectivity index is 1.39. The Bertz CT molecular complexity index is 842. The summed E-state index contributed by atoms with van der Waals surface area (Å²) in [7, 11) is 0. The predicted octanol–water partition coefficient (Wildman–Crippen LogP) is 8.03. The molecule has 0 N–H and O–H groups in total. The summed E-state index contributed by atoms with van der Waals surface area (Å²) in [6.45, 7) is 2.30. The molecular formula is C28H35N. The fourth-order valence-electron chi connectivity index (χ4n) is 5.83. The molecule has 2 aromatic rings. The van der Waals surface area contributed by atoms with Gasteiger partial charge in [-0.15, -0.1) is 0 Å². The van der Waals surface area contributed by atoms with E-state index in [-0.39, 0.29) is 0 Å². The Labute approximate surface area is 177 Å². The largest absolute Gasteiger partial charge is 0.192 e. The molecule has 0 aliphatic heterocycles. The highest BCUT2D eigenvalue weighted by Gasteiger charge is 2.34. The maximum atomic E-state index is 9.02. The van der Waals surface area contributed by atoms with Gasteiger partial charge in [-0.2, -0.15) is 5.26 Å². The number of rotatable bonds is 7. The number of aryl methyl sites for hydroxylation is 1. The van der Waals surface area contributed by atoms with E-state index < -0.39 is 0 Å². The second-order valence-electron chi connectivity index (χ2n) is 9.39. The minimum Gasteiger partial charge on any atom is -0.192 e. The van der Waals surface area contributed by atoms with Crippen LogP contribution >= 0.6 is 0 Å². The van der Waals surface area contributed by atoms with Gasteiger partial charge in [0.1, 0.15) is 0 Å². The smallest absolute Gasteiger partial charge is 0.0991 e. The van der Waals surface area contributed by atoms with Crippen molar-refractivity contribution in [2.75, 3.05) is 0 Å². The Morgan fingerprint density at radius 3 is 2.48 bits per heavy atom. The van der Waals surface area contributed by atoms with Gasteiger partial charge in [0, 0.05) is 0 Å². The molecule has 0 radical (unpaired) electrons. The molecule has 0 heterocycles. The molecule has 0 amide bonds. The van der Waals surface area contributed by atoms with Crippen LogP contribution < -0.4 is 0 Å². The van der Waals surface area contributed by atoms with E-state index in [1.807, 2.05) is 12.1 Å². The fourth-order valence-corrected chi connectivity index (χ4v) is 5.83. The molecule has 2 aliphatic carbocycles. The van der Waals surface area contributed by atoms with Crippen LogP contribution in [0.2, 0.25) is 0 Å². The molecule has 1 fully saturated rings. The van der Waals surface area contributed by atoms with E-state index in [0.717, 1.165) is 23.3 Å². The Kier molecular flexibility index (Phi) is 6.70. The monoisotopic (exact) mass is 385 g/mol. The highest BCUT2D eigenvalue weighted by Crippen LogP contribution is 2.48. The number of fused-ring (bicyclic) bond motifs is 3. The fraction of sp³-hybridized carbons (Fsp3) is 0.536. The van der Waals surface area contributed by atoms with Crippen LogP contribution in [-0.2, 0) is 6.42 Å². The van der Waals surface area contributed by atoms with Crippen molar-refractivity contribution in [1.82, 2.24) is 0 Å². The van der Waals surface area contributed by atoms with E-state index in [2.05, 4.69) is 43.3 Å². The lowest BCUT2D eigenvalue weighted by Crippen LogP contribution is -2.28. The second kappa shape index (κ2) is 9.62. The summed E-state index contributed by atoms with van der Waals surface area (Å²) in [6, 6.07) is 17.4. The van der Waals surface area contributed by atoms with Crippen LogP contribution in [0.5, 0.6) is 0 Å². The van der Waals surface area contributed by atoms with Gasteiger partial charge in [0.05, 0.1) is 11.6 Å². The van der Waals surface area contributed by atoms with Gasteiger partial charge in [0.25, 0.3) is 0 Å². The van der Waals surface area contributed by atoms with Gasteiger partial charge in [0.2, 0.25) is 0 Å². The van der Waals surface area contributed by atoms with Crippen LogP contribution in [-0.4, -0.2) is 0 Å². The van der Waals surface area contributed by atoms with Crippen molar-refractivity contribution in [3.05, 3.63) is 59.2 Å². The van der Waals surface area contributed by atoms with Crippen LogP contribution in [0.1, 0.15) is 93.7 Å². The highest BCUT2D eigenvalue weighted by molar-refractivity contribution is 5.66. The van der Waals surface area contributed by atoms with Gasteiger partial charge in [0.15, 0.2) is 0 Å². The van der Waals surface area contributed by atoms with Crippen LogP contribution in [0.25, 0.3) is 11.1 Å². The molecule has 1 saturated carbocycles. The molecule has 4 rings (SSSR count). The molecule has 1 heteroatoms. The van der Waals surface area contributed by atoms with Crippen molar-refractivity contribution >= 4 is 0 Å². The van der Waals surface area contributed by atoms with Gasteiger partial charge >= 0.3 is 0 Å². The third kappa shape index (κ3) is 4.75. The molecule has 29 heavy (non-hydrogen) atoms. The van der Waals surface area contributed by atoms with Gasteiger partial charge in [-0.3, -0.25) is 0 Å². The van der Waals surface area contributed by atoms with Crippen LogP contribution in [0.15, 0.2) is 42.5 Å². The minimum atomic E-state index is 0.733. The molecule has 152 valence electrons. The van der Waals surface area contributed by atoms with E-state index in [0.29, 0.717) is 0 Å². The third-order valence-corrected chi connectivity index (χ3v) is 7.48. The van der Waals surface area contributed by atoms with Crippen molar-refractivity contribution < 1.29 is 0 Å². The lowest BCUT2D eigenvalue weighted by Gasteiger charge is -2.41. The van der Waals surface area contributed by atoms with E-state index >= 15 is 0 Å². The molecule has 2 aromatic carbocycles. The van der Waals surface area contributed by atoms with E-state index in [1.165, 1.54) is 81.8 Å². The highest BCUT2D eigenvalue weighted by atomic mass is 14.4. The number of nitriles is 1. The first-order chi connectivity index (χ1) is 14.3. The van der Waals surface area contributed by atoms with Crippen molar-refractivity contribution in [2.45, 2.75) is 83.5 Å².